The van der Waals surface area contributed by atoms with Crippen molar-refractivity contribution in [1.82, 2.24) is 5.32 Å². The fraction of sp³-hybridized carbons (Fsp3) is 0.250. The van der Waals surface area contributed by atoms with Gasteiger partial charge in [-0.05, 0) is 80.8 Å². The summed E-state index contributed by atoms with van der Waals surface area (Å²) in [6.07, 6.45) is 0.594. The Hall–Kier alpha value is -3.04. The van der Waals surface area contributed by atoms with Gasteiger partial charge in [-0.2, -0.15) is 5.26 Å². The molecule has 0 saturated carbocycles. The van der Waals surface area contributed by atoms with E-state index < -0.39 is 17.5 Å². The van der Waals surface area contributed by atoms with Crippen LogP contribution in [0.1, 0.15) is 53.7 Å². The van der Waals surface area contributed by atoms with E-state index >= 15 is 0 Å². The number of hydrogen-bond acceptors (Lipinski definition) is 4. The van der Waals surface area contributed by atoms with Gasteiger partial charge in [-0.1, -0.05) is 59.1 Å². The van der Waals surface area contributed by atoms with E-state index in [1.54, 1.807) is 6.07 Å². The van der Waals surface area contributed by atoms with E-state index in [-0.39, 0.29) is 22.5 Å². The van der Waals surface area contributed by atoms with Gasteiger partial charge in [0, 0.05) is 17.0 Å². The molecule has 0 saturated heterocycles. The summed E-state index contributed by atoms with van der Waals surface area (Å²) < 4.78 is 5.52. The quantitative estimate of drug-likeness (QED) is 0.311. The van der Waals surface area contributed by atoms with Crippen LogP contribution in [0.4, 0.5) is 0 Å². The number of ether oxygens (including phenoxy) is 1. The topological polar surface area (TPSA) is 79.2 Å². The van der Waals surface area contributed by atoms with Crippen LogP contribution in [0.25, 0.3) is 0 Å². The van der Waals surface area contributed by atoms with Crippen LogP contribution in [0.2, 0.25) is 15.1 Å². The Bertz CT molecular complexity index is 1300. The number of benzene rings is 3. The summed E-state index contributed by atoms with van der Waals surface area (Å²) in [6.45, 7) is 4.93. The molecule has 36 heavy (non-hydrogen) atoms. The van der Waals surface area contributed by atoms with Crippen LogP contribution in [0.15, 0.2) is 66.7 Å². The summed E-state index contributed by atoms with van der Waals surface area (Å²) in [5.41, 5.74) is 1.19. The average Bonchev–Trinajstić information content (AvgIpc) is 2.84. The van der Waals surface area contributed by atoms with Gasteiger partial charge in [-0.25, -0.2) is 4.79 Å². The predicted octanol–water partition coefficient (Wildman–Crippen LogP) is 6.99. The molecule has 0 spiro atoms. The third-order valence-corrected chi connectivity index (χ3v) is 6.82. The maximum atomic E-state index is 13.2. The number of carbonyl (C=O) groups is 2. The van der Waals surface area contributed by atoms with E-state index in [1.165, 1.54) is 32.0 Å². The highest BCUT2D eigenvalue weighted by atomic mass is 35.5. The fourth-order valence-electron chi connectivity index (χ4n) is 3.74. The number of rotatable bonds is 8. The summed E-state index contributed by atoms with van der Waals surface area (Å²) in [5.74, 6) is -1.31. The van der Waals surface area contributed by atoms with E-state index in [2.05, 4.69) is 11.4 Å². The van der Waals surface area contributed by atoms with Crippen LogP contribution >= 0.6 is 34.8 Å². The van der Waals surface area contributed by atoms with Crippen molar-refractivity contribution >= 4 is 46.7 Å². The lowest BCUT2D eigenvalue weighted by Crippen LogP contribution is -2.50. The zero-order chi connectivity index (χ0) is 26.5. The Morgan fingerprint density at radius 2 is 1.69 bits per heavy atom. The Morgan fingerprint density at radius 3 is 2.33 bits per heavy atom. The standard InChI is InChI=1S/C28H25Cl3N2O3/c1-17(33-27(35)28(2,3)36-26(34)21-9-12-24(30)25(31)15-21)23(14-18-7-10-22(29)11-8-18)20-6-4-5-19(13-20)16-32/h4-13,15,17,23H,14H2,1-3H3,(H,33,35)/t17-,23+/m0/s1. The fourth-order valence-corrected chi connectivity index (χ4v) is 4.16. The van der Waals surface area contributed by atoms with E-state index in [4.69, 9.17) is 39.5 Å². The zero-order valence-electron chi connectivity index (χ0n) is 20.0. The van der Waals surface area contributed by atoms with Crippen LogP contribution in [-0.4, -0.2) is 23.5 Å². The molecule has 0 fully saturated rings. The summed E-state index contributed by atoms with van der Waals surface area (Å²) >= 11 is 18.0. The summed E-state index contributed by atoms with van der Waals surface area (Å²) in [7, 11) is 0. The van der Waals surface area contributed by atoms with Crippen molar-refractivity contribution in [2.45, 2.75) is 44.8 Å². The smallest absolute Gasteiger partial charge is 0.339 e. The molecule has 3 aromatic carbocycles. The van der Waals surface area contributed by atoms with E-state index in [0.29, 0.717) is 22.0 Å². The first kappa shape index (κ1) is 27.5. The lowest BCUT2D eigenvalue weighted by atomic mass is 9.85. The molecule has 5 nitrogen and oxygen atoms in total. The van der Waals surface area contributed by atoms with Crippen LogP contribution in [0, 0.1) is 11.3 Å². The number of hydrogen-bond donors (Lipinski definition) is 1. The van der Waals surface area contributed by atoms with Crippen molar-refractivity contribution in [2.24, 2.45) is 0 Å². The number of halogens is 3. The predicted molar refractivity (Wildman–Crippen MR) is 143 cm³/mol. The highest BCUT2D eigenvalue weighted by molar-refractivity contribution is 6.42. The minimum Gasteiger partial charge on any atom is -0.446 e. The van der Waals surface area contributed by atoms with Crippen LogP contribution in [0.5, 0.6) is 0 Å². The molecular weight excluding hydrogens is 519 g/mol. The maximum absolute atomic E-state index is 13.2. The highest BCUT2D eigenvalue weighted by Crippen LogP contribution is 2.28. The van der Waals surface area contributed by atoms with Gasteiger partial charge >= 0.3 is 5.97 Å². The van der Waals surface area contributed by atoms with Crippen molar-refractivity contribution in [3.8, 4) is 6.07 Å². The lowest BCUT2D eigenvalue weighted by Gasteiger charge is -2.30. The summed E-state index contributed by atoms with van der Waals surface area (Å²) in [5, 5.41) is 13.5. The van der Waals surface area contributed by atoms with E-state index in [0.717, 1.165) is 11.1 Å². The van der Waals surface area contributed by atoms with Gasteiger partial charge in [-0.3, -0.25) is 4.79 Å². The summed E-state index contributed by atoms with van der Waals surface area (Å²) in [6, 6.07) is 21.0. The van der Waals surface area contributed by atoms with Gasteiger partial charge < -0.3 is 10.1 Å². The van der Waals surface area contributed by atoms with Crippen molar-refractivity contribution in [3.05, 3.63) is 104 Å². The maximum Gasteiger partial charge on any atom is 0.339 e. The third kappa shape index (κ3) is 7.01. The first-order valence-corrected chi connectivity index (χ1v) is 12.4. The van der Waals surface area contributed by atoms with Crippen molar-refractivity contribution in [3.63, 3.8) is 0 Å². The molecule has 0 heterocycles. The van der Waals surface area contributed by atoms with Crippen LogP contribution < -0.4 is 5.32 Å². The number of nitriles is 1. The molecule has 8 heteroatoms. The molecule has 3 rings (SSSR count). The normalized spacial score (nSPS) is 12.8. The molecule has 186 valence electrons. The number of amides is 1. The van der Waals surface area contributed by atoms with Gasteiger partial charge in [0.1, 0.15) is 0 Å². The van der Waals surface area contributed by atoms with Crippen LogP contribution in [-0.2, 0) is 16.0 Å². The molecule has 0 bridgehead atoms. The molecule has 1 amide bonds. The second kappa shape index (κ2) is 11.8. The minimum atomic E-state index is -1.46. The Morgan fingerprint density at radius 1 is 1.00 bits per heavy atom. The molecule has 2 atom stereocenters. The van der Waals surface area contributed by atoms with Crippen LogP contribution in [0.3, 0.4) is 0 Å². The molecular formula is C28H25Cl3N2O3. The minimum absolute atomic E-state index is 0.162. The molecule has 0 aliphatic carbocycles. The first-order valence-electron chi connectivity index (χ1n) is 11.2. The molecule has 1 N–H and O–H groups in total. The number of esters is 1. The van der Waals surface area contributed by atoms with Gasteiger partial charge in [0.2, 0.25) is 0 Å². The zero-order valence-corrected chi connectivity index (χ0v) is 22.3. The van der Waals surface area contributed by atoms with Crippen molar-refractivity contribution in [1.29, 1.82) is 5.26 Å². The Balaban J connectivity index is 1.80. The molecule has 3 aromatic rings. The van der Waals surface area contributed by atoms with E-state index in [9.17, 15) is 14.9 Å². The van der Waals surface area contributed by atoms with Gasteiger partial charge in [0.05, 0.1) is 27.2 Å². The summed E-state index contributed by atoms with van der Waals surface area (Å²) in [4.78, 5) is 25.9. The van der Waals surface area contributed by atoms with Crippen molar-refractivity contribution < 1.29 is 14.3 Å². The lowest BCUT2D eigenvalue weighted by molar-refractivity contribution is -0.138. The second-order valence-electron chi connectivity index (χ2n) is 8.97. The first-order chi connectivity index (χ1) is 17.0. The molecule has 0 unspecified atom stereocenters. The van der Waals surface area contributed by atoms with Gasteiger partial charge in [0.15, 0.2) is 5.60 Å². The monoisotopic (exact) mass is 542 g/mol. The second-order valence-corrected chi connectivity index (χ2v) is 10.2. The molecule has 0 aromatic heterocycles. The largest absolute Gasteiger partial charge is 0.446 e. The number of nitrogens with one attached hydrogen (secondary N) is 1. The average molecular weight is 544 g/mol. The highest BCUT2D eigenvalue weighted by Gasteiger charge is 2.35. The Labute approximate surface area is 225 Å². The third-order valence-electron chi connectivity index (χ3n) is 5.83. The molecule has 0 aliphatic rings. The Kier molecular flexibility index (Phi) is 9.03. The van der Waals surface area contributed by atoms with Crippen molar-refractivity contribution in [2.75, 3.05) is 0 Å². The SMILES string of the molecule is C[C@H](NC(=O)C(C)(C)OC(=O)c1ccc(Cl)c(Cl)c1)[C@@H](Cc1ccc(Cl)cc1)c1cccc(C#N)c1. The number of carbonyl (C=O) groups excluding carboxylic acids is 2. The molecule has 0 aliphatic heterocycles. The molecule has 0 radical (unpaired) electrons. The van der Waals surface area contributed by atoms with Gasteiger partial charge in [0.25, 0.3) is 5.91 Å². The van der Waals surface area contributed by atoms with E-state index in [1.807, 2.05) is 49.4 Å². The number of nitrogens with zero attached hydrogens (tertiary/aromatic N) is 1. The van der Waals surface area contributed by atoms with Gasteiger partial charge in [-0.15, -0.1) is 0 Å².